The van der Waals surface area contributed by atoms with Gasteiger partial charge in [-0.1, -0.05) is 6.42 Å². The van der Waals surface area contributed by atoms with Crippen molar-refractivity contribution in [3.63, 3.8) is 0 Å². The van der Waals surface area contributed by atoms with E-state index in [2.05, 4.69) is 11.6 Å². The van der Waals surface area contributed by atoms with Gasteiger partial charge >= 0.3 is 0 Å². The van der Waals surface area contributed by atoms with E-state index in [1.54, 1.807) is 11.3 Å². The van der Waals surface area contributed by atoms with Gasteiger partial charge in [-0.25, -0.2) is 0 Å². The Bertz CT molecular complexity index is 337. The summed E-state index contributed by atoms with van der Waals surface area (Å²) in [6.07, 6.45) is 6.95. The summed E-state index contributed by atoms with van der Waals surface area (Å²) in [6, 6.07) is 2.26. The maximum atomic E-state index is 11.9. The van der Waals surface area contributed by atoms with Crippen molar-refractivity contribution in [2.24, 2.45) is 0 Å². The summed E-state index contributed by atoms with van der Waals surface area (Å²) in [5.41, 5.74) is 0.802. The van der Waals surface area contributed by atoms with Gasteiger partial charge in [-0.05, 0) is 37.0 Å². The first kappa shape index (κ1) is 12.0. The number of carbonyl (C=O) groups excluding carboxylic acids is 1. The molecule has 1 fully saturated rings. The van der Waals surface area contributed by atoms with Crippen molar-refractivity contribution in [2.75, 3.05) is 6.26 Å². The molecule has 1 saturated carbocycles. The van der Waals surface area contributed by atoms with E-state index in [4.69, 9.17) is 0 Å². The molecule has 1 aromatic heterocycles. The lowest BCUT2D eigenvalue weighted by Crippen LogP contribution is -2.38. The van der Waals surface area contributed by atoms with Crippen LogP contribution in [-0.4, -0.2) is 23.5 Å². The Morgan fingerprint density at radius 1 is 1.56 bits per heavy atom. The lowest BCUT2D eigenvalue weighted by atomic mass is 9.95. The summed E-state index contributed by atoms with van der Waals surface area (Å²) < 4.78 is 0. The number of hydrogen-bond acceptors (Lipinski definition) is 3. The van der Waals surface area contributed by atoms with E-state index in [1.807, 2.05) is 28.6 Å². The van der Waals surface area contributed by atoms with E-state index in [0.717, 1.165) is 23.7 Å². The first-order chi connectivity index (χ1) is 7.79. The molecule has 0 aromatic carbocycles. The minimum atomic E-state index is 0.0907. The number of rotatable bonds is 3. The van der Waals surface area contributed by atoms with Crippen LogP contribution in [0.1, 0.15) is 36.0 Å². The molecule has 0 radical (unpaired) electrons. The van der Waals surface area contributed by atoms with Gasteiger partial charge in [-0.3, -0.25) is 4.79 Å². The molecule has 4 heteroatoms. The summed E-state index contributed by atoms with van der Waals surface area (Å²) >= 11 is 3.49. The molecule has 1 amide bonds. The normalized spacial score (nSPS) is 25.3. The third kappa shape index (κ3) is 3.01. The Morgan fingerprint density at radius 2 is 2.44 bits per heavy atom. The number of carbonyl (C=O) groups is 1. The second-order valence-corrected chi connectivity index (χ2v) is 6.12. The number of hydrogen-bond donors (Lipinski definition) is 1. The van der Waals surface area contributed by atoms with Crippen LogP contribution in [0.15, 0.2) is 16.8 Å². The quantitative estimate of drug-likeness (QED) is 0.899. The number of nitrogens with one attached hydrogen (secondary N) is 1. The molecule has 1 N–H and O–H groups in total. The minimum absolute atomic E-state index is 0.0907. The number of thiophene rings is 1. The summed E-state index contributed by atoms with van der Waals surface area (Å²) in [5.74, 6) is 0.0907. The van der Waals surface area contributed by atoms with Crippen molar-refractivity contribution < 1.29 is 4.79 Å². The van der Waals surface area contributed by atoms with Crippen LogP contribution >= 0.6 is 23.1 Å². The molecule has 16 heavy (non-hydrogen) atoms. The summed E-state index contributed by atoms with van der Waals surface area (Å²) in [4.78, 5) is 11.9. The maximum absolute atomic E-state index is 11.9. The van der Waals surface area contributed by atoms with Crippen molar-refractivity contribution >= 4 is 29.0 Å². The lowest BCUT2D eigenvalue weighted by molar-refractivity contribution is 0.0929. The molecule has 2 atom stereocenters. The predicted octanol–water partition coefficient (Wildman–Crippen LogP) is 3.15. The first-order valence-electron chi connectivity index (χ1n) is 5.65. The zero-order valence-electron chi connectivity index (χ0n) is 9.44. The highest BCUT2D eigenvalue weighted by molar-refractivity contribution is 7.99. The zero-order valence-corrected chi connectivity index (χ0v) is 11.1. The van der Waals surface area contributed by atoms with Crippen molar-refractivity contribution in [2.45, 2.75) is 37.0 Å². The molecule has 2 nitrogen and oxygen atoms in total. The van der Waals surface area contributed by atoms with Crippen LogP contribution in [0.25, 0.3) is 0 Å². The Hall–Kier alpha value is -0.480. The van der Waals surface area contributed by atoms with E-state index < -0.39 is 0 Å². The molecule has 0 saturated heterocycles. The smallest absolute Gasteiger partial charge is 0.252 e. The van der Waals surface area contributed by atoms with Crippen LogP contribution in [0.3, 0.4) is 0 Å². The van der Waals surface area contributed by atoms with Gasteiger partial charge in [0.05, 0.1) is 0 Å². The predicted molar refractivity (Wildman–Crippen MR) is 71.3 cm³/mol. The van der Waals surface area contributed by atoms with Crippen molar-refractivity contribution in [1.29, 1.82) is 0 Å². The fourth-order valence-electron chi connectivity index (χ4n) is 2.15. The largest absolute Gasteiger partial charge is 0.349 e. The average Bonchev–Trinajstić information content (AvgIpc) is 2.83. The summed E-state index contributed by atoms with van der Waals surface area (Å²) in [5, 5.41) is 7.72. The van der Waals surface area contributed by atoms with E-state index >= 15 is 0 Å². The Morgan fingerprint density at radius 3 is 3.12 bits per heavy atom. The second kappa shape index (κ2) is 5.73. The zero-order chi connectivity index (χ0) is 11.4. The average molecular weight is 255 g/mol. The first-order valence-corrected chi connectivity index (χ1v) is 7.88. The highest BCUT2D eigenvalue weighted by Gasteiger charge is 2.22. The van der Waals surface area contributed by atoms with Crippen molar-refractivity contribution in [1.82, 2.24) is 5.32 Å². The molecule has 88 valence electrons. The SMILES string of the molecule is CSC1CCCC(NC(=O)c2ccsc2)C1. The molecule has 0 spiro atoms. The standard InChI is InChI=1S/C12H17NOS2/c1-15-11-4-2-3-10(7-11)13-12(14)9-5-6-16-8-9/h5-6,8,10-11H,2-4,7H2,1H3,(H,13,14). The molecule has 0 aliphatic heterocycles. The maximum Gasteiger partial charge on any atom is 0.252 e. The highest BCUT2D eigenvalue weighted by atomic mass is 32.2. The van der Waals surface area contributed by atoms with Crippen LogP contribution in [0.5, 0.6) is 0 Å². The topological polar surface area (TPSA) is 29.1 Å². The Balaban J connectivity index is 1.87. The third-order valence-electron chi connectivity index (χ3n) is 3.08. The molecule has 1 aromatic rings. The molecule has 1 heterocycles. The Kier molecular flexibility index (Phi) is 4.29. The van der Waals surface area contributed by atoms with Crippen LogP contribution in [0, 0.1) is 0 Å². The van der Waals surface area contributed by atoms with Gasteiger partial charge in [0.2, 0.25) is 0 Å². The highest BCUT2D eigenvalue weighted by Crippen LogP contribution is 2.27. The van der Waals surface area contributed by atoms with Gasteiger partial charge in [0.25, 0.3) is 5.91 Å². The molecule has 0 bridgehead atoms. The van der Waals surface area contributed by atoms with Gasteiger partial charge in [-0.2, -0.15) is 23.1 Å². The third-order valence-corrected chi connectivity index (χ3v) is 4.86. The molecule has 1 aliphatic carbocycles. The number of amides is 1. The second-order valence-electron chi connectivity index (χ2n) is 4.21. The van der Waals surface area contributed by atoms with Crippen molar-refractivity contribution in [3.05, 3.63) is 22.4 Å². The van der Waals surface area contributed by atoms with Gasteiger partial charge < -0.3 is 5.32 Å². The van der Waals surface area contributed by atoms with Crippen molar-refractivity contribution in [3.8, 4) is 0 Å². The van der Waals surface area contributed by atoms with E-state index in [1.165, 1.54) is 12.8 Å². The van der Waals surface area contributed by atoms with Gasteiger partial charge in [0, 0.05) is 22.2 Å². The van der Waals surface area contributed by atoms with Gasteiger partial charge in [0.1, 0.15) is 0 Å². The van der Waals surface area contributed by atoms with E-state index in [-0.39, 0.29) is 5.91 Å². The van der Waals surface area contributed by atoms with Gasteiger partial charge in [-0.15, -0.1) is 0 Å². The molecule has 2 unspecified atom stereocenters. The van der Waals surface area contributed by atoms with Crippen LogP contribution in [0.4, 0.5) is 0 Å². The summed E-state index contributed by atoms with van der Waals surface area (Å²) in [6.45, 7) is 0. The van der Waals surface area contributed by atoms with Crippen LogP contribution in [0.2, 0.25) is 0 Å². The number of thioether (sulfide) groups is 1. The Labute approximate surface area is 105 Å². The van der Waals surface area contributed by atoms with Crippen LogP contribution < -0.4 is 5.32 Å². The van der Waals surface area contributed by atoms with E-state index in [0.29, 0.717) is 6.04 Å². The molecular formula is C12H17NOS2. The fourth-order valence-corrected chi connectivity index (χ4v) is 3.62. The lowest BCUT2D eigenvalue weighted by Gasteiger charge is -2.28. The minimum Gasteiger partial charge on any atom is -0.349 e. The molecule has 2 rings (SSSR count). The molecule has 1 aliphatic rings. The molecular weight excluding hydrogens is 238 g/mol. The van der Waals surface area contributed by atoms with Crippen LogP contribution in [-0.2, 0) is 0 Å². The van der Waals surface area contributed by atoms with E-state index in [9.17, 15) is 4.79 Å². The fraction of sp³-hybridized carbons (Fsp3) is 0.583. The summed E-state index contributed by atoms with van der Waals surface area (Å²) in [7, 11) is 0. The monoisotopic (exact) mass is 255 g/mol. The van der Waals surface area contributed by atoms with Gasteiger partial charge in [0.15, 0.2) is 0 Å².